The zero-order chi connectivity index (χ0) is 31.2. The number of rotatable bonds is 12. The number of urea groups is 1. The first-order valence-corrected chi connectivity index (χ1v) is 14.9. The van der Waals surface area contributed by atoms with Crippen molar-refractivity contribution in [1.82, 2.24) is 20.9 Å². The molecule has 1 heterocycles. The Morgan fingerprint density at radius 1 is 0.976 bits per heavy atom. The lowest BCUT2D eigenvalue weighted by Gasteiger charge is -2.36. The quantitative estimate of drug-likeness (QED) is 0.194. The summed E-state index contributed by atoms with van der Waals surface area (Å²) in [5.41, 5.74) is 4.51. The Morgan fingerprint density at radius 2 is 1.62 bits per heavy atom. The van der Waals surface area contributed by atoms with Gasteiger partial charge in [0, 0.05) is 6.54 Å². The average molecular weight is 594 g/mol. The van der Waals surface area contributed by atoms with Crippen molar-refractivity contribution in [2.24, 2.45) is 28.9 Å². The fourth-order valence-electron chi connectivity index (χ4n) is 5.92. The summed E-state index contributed by atoms with van der Waals surface area (Å²) in [5.74, 6) is -2.55. The van der Waals surface area contributed by atoms with Crippen LogP contribution in [-0.2, 0) is 28.7 Å². The molecule has 1 aliphatic heterocycles. The van der Waals surface area contributed by atoms with Crippen LogP contribution in [0.1, 0.15) is 79.1 Å². The molecule has 13 nitrogen and oxygen atoms in total. The molecule has 13 heteroatoms. The molecule has 3 unspecified atom stereocenters. The number of ketones is 1. The van der Waals surface area contributed by atoms with E-state index < -0.39 is 65.3 Å². The Hall–Kier alpha value is -3.38. The molecule has 0 aromatic carbocycles. The van der Waals surface area contributed by atoms with Gasteiger partial charge in [0.15, 0.2) is 0 Å². The van der Waals surface area contributed by atoms with Gasteiger partial charge in [0.2, 0.25) is 17.6 Å². The van der Waals surface area contributed by atoms with E-state index in [0.717, 1.165) is 38.5 Å². The molecule has 42 heavy (non-hydrogen) atoms. The molecular formula is C29H47N5O8. The first-order valence-electron chi connectivity index (χ1n) is 14.9. The summed E-state index contributed by atoms with van der Waals surface area (Å²) in [5, 5.41) is 8.39. The molecule has 5 N–H and O–H groups in total. The molecular weight excluding hydrogens is 546 g/mol. The van der Waals surface area contributed by atoms with Crippen LogP contribution in [0.3, 0.4) is 0 Å². The molecule has 5 atom stereocenters. The molecule has 236 valence electrons. The molecule has 0 spiro atoms. The summed E-state index contributed by atoms with van der Waals surface area (Å²) in [4.78, 5) is 77.7. The highest BCUT2D eigenvalue weighted by molar-refractivity contribution is 6.37. The molecule has 0 radical (unpaired) electrons. The summed E-state index contributed by atoms with van der Waals surface area (Å²) < 4.78 is 9.70. The van der Waals surface area contributed by atoms with Crippen LogP contribution >= 0.6 is 0 Å². The maximum absolute atomic E-state index is 14.0. The van der Waals surface area contributed by atoms with Gasteiger partial charge in [0.1, 0.15) is 18.7 Å². The van der Waals surface area contributed by atoms with Gasteiger partial charge < -0.3 is 36.1 Å². The van der Waals surface area contributed by atoms with Crippen LogP contribution in [0, 0.1) is 23.2 Å². The van der Waals surface area contributed by atoms with Gasteiger partial charge in [-0.25, -0.2) is 9.59 Å². The zero-order valence-electron chi connectivity index (χ0n) is 25.4. The maximum Gasteiger partial charge on any atom is 0.508 e. The third-order valence-electron chi connectivity index (χ3n) is 8.46. The second-order valence-electron chi connectivity index (χ2n) is 13.1. The standard InChI is InChI=1S/C29H47N5O8/c1-16-12-21(25(37)31-19(13-17-10-11-17)22(35)24(30)36)34(14-16)26(38)23(29(2,3)4)33-27(39)32-20(15-42-28(40)41-5)18-8-6-7-9-18/h16-21,23H,6-15H2,1-5H3,(H2,30,36)(H,31,37)(H2,32,33,39)/t16-,19?,20-,21?,23?/m1/s1. The lowest BCUT2D eigenvalue weighted by molar-refractivity contribution is -0.143. The largest absolute Gasteiger partial charge is 0.508 e. The van der Waals surface area contributed by atoms with Crippen molar-refractivity contribution >= 4 is 35.7 Å². The van der Waals surface area contributed by atoms with Gasteiger partial charge in [-0.3, -0.25) is 19.2 Å². The molecule has 1 saturated heterocycles. The van der Waals surface area contributed by atoms with Gasteiger partial charge in [-0.2, -0.15) is 0 Å². The Kier molecular flexibility index (Phi) is 11.2. The third kappa shape index (κ3) is 9.06. The van der Waals surface area contributed by atoms with Crippen LogP contribution in [0.15, 0.2) is 0 Å². The smallest absolute Gasteiger partial charge is 0.438 e. The van der Waals surface area contributed by atoms with E-state index in [4.69, 9.17) is 10.5 Å². The van der Waals surface area contributed by atoms with Crippen molar-refractivity contribution in [3.05, 3.63) is 0 Å². The molecule has 2 saturated carbocycles. The third-order valence-corrected chi connectivity index (χ3v) is 8.46. The van der Waals surface area contributed by atoms with E-state index in [2.05, 4.69) is 20.7 Å². The molecule has 2 aliphatic carbocycles. The molecule has 3 rings (SSSR count). The Bertz CT molecular complexity index is 1030. The molecule has 0 aromatic rings. The van der Waals surface area contributed by atoms with E-state index in [0.29, 0.717) is 19.4 Å². The molecule has 3 aliphatic rings. The van der Waals surface area contributed by atoms with Crippen LogP contribution < -0.4 is 21.7 Å². The van der Waals surface area contributed by atoms with Gasteiger partial charge in [0.05, 0.1) is 19.2 Å². The summed E-state index contributed by atoms with van der Waals surface area (Å²) in [7, 11) is 1.21. The van der Waals surface area contributed by atoms with Crippen molar-refractivity contribution in [2.75, 3.05) is 20.3 Å². The number of nitrogens with one attached hydrogen (secondary N) is 3. The average Bonchev–Trinajstić information content (AvgIpc) is 3.39. The number of Topliss-reactive ketones (excluding diaryl/α,β-unsaturated/α-hetero) is 1. The minimum Gasteiger partial charge on any atom is -0.438 e. The van der Waals surface area contributed by atoms with Crippen molar-refractivity contribution in [3.63, 3.8) is 0 Å². The monoisotopic (exact) mass is 593 g/mol. The fourth-order valence-corrected chi connectivity index (χ4v) is 5.92. The predicted octanol–water partition coefficient (Wildman–Crippen LogP) is 1.62. The van der Waals surface area contributed by atoms with Crippen LogP contribution in [0.2, 0.25) is 0 Å². The van der Waals surface area contributed by atoms with Crippen LogP contribution in [0.5, 0.6) is 0 Å². The predicted molar refractivity (Wildman–Crippen MR) is 152 cm³/mol. The van der Waals surface area contributed by atoms with Crippen LogP contribution in [0.25, 0.3) is 0 Å². The Labute approximate surface area is 247 Å². The molecule has 0 bridgehead atoms. The number of carbonyl (C=O) groups is 6. The lowest BCUT2D eigenvalue weighted by Crippen LogP contribution is -2.61. The van der Waals surface area contributed by atoms with E-state index >= 15 is 0 Å². The number of amides is 5. The number of hydrogen-bond donors (Lipinski definition) is 4. The second-order valence-corrected chi connectivity index (χ2v) is 13.1. The SMILES string of the molecule is COC(=O)OC[C@@H](NC(=O)NC(C(=O)N1C[C@H](C)CC1C(=O)NC(CC1CC1)C(=O)C(N)=O)C(C)(C)C)C1CCCC1. The number of likely N-dealkylation sites (tertiary alicyclic amines) is 1. The Morgan fingerprint density at radius 3 is 2.17 bits per heavy atom. The van der Waals surface area contributed by atoms with E-state index in [1.165, 1.54) is 12.0 Å². The van der Waals surface area contributed by atoms with Gasteiger partial charge in [-0.1, -0.05) is 53.4 Å². The second kappa shape index (κ2) is 14.2. The minimum atomic E-state index is -1.11. The van der Waals surface area contributed by atoms with E-state index in [1.807, 2.05) is 27.7 Å². The first-order chi connectivity index (χ1) is 19.7. The molecule has 3 fully saturated rings. The number of nitrogens with zero attached hydrogens (tertiary/aromatic N) is 1. The number of carbonyl (C=O) groups excluding carboxylic acids is 6. The van der Waals surface area contributed by atoms with E-state index in [9.17, 15) is 28.8 Å². The summed E-state index contributed by atoms with van der Waals surface area (Å²) >= 11 is 0. The number of primary amides is 1. The summed E-state index contributed by atoms with van der Waals surface area (Å²) in [6, 6.07) is -3.93. The van der Waals surface area contributed by atoms with E-state index in [1.54, 1.807) is 0 Å². The normalized spacial score (nSPS) is 22.9. The van der Waals surface area contributed by atoms with Crippen LogP contribution in [0.4, 0.5) is 9.59 Å². The van der Waals surface area contributed by atoms with E-state index in [-0.39, 0.29) is 24.4 Å². The topological polar surface area (TPSA) is 186 Å². The van der Waals surface area contributed by atoms with Crippen molar-refractivity contribution in [1.29, 1.82) is 0 Å². The minimum absolute atomic E-state index is 0.00455. The maximum atomic E-state index is 14.0. The van der Waals surface area contributed by atoms with Crippen molar-refractivity contribution < 1.29 is 38.2 Å². The highest BCUT2D eigenvalue weighted by Gasteiger charge is 2.45. The lowest BCUT2D eigenvalue weighted by atomic mass is 9.85. The van der Waals surface area contributed by atoms with Gasteiger partial charge in [0.25, 0.3) is 5.91 Å². The van der Waals surface area contributed by atoms with Crippen molar-refractivity contribution in [2.45, 2.75) is 103 Å². The van der Waals surface area contributed by atoms with Crippen molar-refractivity contribution in [3.8, 4) is 0 Å². The highest BCUT2D eigenvalue weighted by Crippen LogP contribution is 2.34. The van der Waals surface area contributed by atoms with Gasteiger partial charge >= 0.3 is 12.2 Å². The molecule has 0 aromatic heterocycles. The summed E-state index contributed by atoms with van der Waals surface area (Å²) in [6.07, 6.45) is 5.46. The number of hydrogen-bond acceptors (Lipinski definition) is 8. The van der Waals surface area contributed by atoms with Gasteiger partial charge in [-0.15, -0.1) is 0 Å². The molecule has 5 amide bonds. The van der Waals surface area contributed by atoms with Crippen LogP contribution in [-0.4, -0.2) is 85.0 Å². The Balaban J connectivity index is 1.72. The summed E-state index contributed by atoms with van der Waals surface area (Å²) in [6.45, 7) is 7.60. The first kappa shape index (κ1) is 33.1. The van der Waals surface area contributed by atoms with Gasteiger partial charge in [-0.05, 0) is 48.9 Å². The fraction of sp³-hybridized carbons (Fsp3) is 0.793. The number of nitrogens with two attached hydrogens (primary N) is 1. The number of methoxy groups -OCH3 is 1. The highest BCUT2D eigenvalue weighted by atomic mass is 16.7. The zero-order valence-corrected chi connectivity index (χ0v) is 25.4. The number of ether oxygens (including phenoxy) is 2.